The highest BCUT2D eigenvalue weighted by Crippen LogP contribution is 2.48. The van der Waals surface area contributed by atoms with Crippen LogP contribution in [0.5, 0.6) is 0 Å². The lowest BCUT2D eigenvalue weighted by Gasteiger charge is -2.21. The summed E-state index contributed by atoms with van der Waals surface area (Å²) >= 11 is 0. The normalized spacial score (nSPS) is 21.2. The van der Waals surface area contributed by atoms with Gasteiger partial charge in [-0.25, -0.2) is 10.1 Å². The zero-order valence-electron chi connectivity index (χ0n) is 10.1. The lowest BCUT2D eigenvalue weighted by molar-refractivity contribution is 0.399. The van der Waals surface area contributed by atoms with Gasteiger partial charge in [-0.3, -0.25) is 0 Å². The minimum absolute atomic E-state index is 0.137. The molecule has 0 unspecified atom stereocenters. The summed E-state index contributed by atoms with van der Waals surface area (Å²) in [6, 6.07) is 2.13. The molecule has 0 spiro atoms. The van der Waals surface area contributed by atoms with Gasteiger partial charge < -0.3 is 0 Å². The van der Waals surface area contributed by atoms with Crippen LogP contribution in [-0.2, 0) is 10.8 Å². The molecule has 1 aliphatic rings. The summed E-state index contributed by atoms with van der Waals surface area (Å²) in [5.74, 6) is 0. The van der Waals surface area contributed by atoms with Crippen LogP contribution >= 0.6 is 0 Å². The Morgan fingerprint density at radius 1 is 1.19 bits per heavy atom. The minimum Gasteiger partial charge on any atom is -0.240 e. The fraction of sp³-hybridized carbons (Fsp3) is 0.583. The monoisotopic (exact) mass is 216 g/mol. The largest absolute Gasteiger partial charge is 0.240 e. The maximum Gasteiger partial charge on any atom is 0.176 e. The van der Waals surface area contributed by atoms with E-state index in [1.54, 1.807) is 0 Å². The predicted octanol–water partition coefficient (Wildman–Crippen LogP) is 2.31. The van der Waals surface area contributed by atoms with Crippen molar-refractivity contribution in [2.45, 2.75) is 44.9 Å². The minimum atomic E-state index is 0.137. The van der Waals surface area contributed by atoms with Crippen molar-refractivity contribution in [2.75, 3.05) is 0 Å². The smallest absolute Gasteiger partial charge is 0.176 e. The number of H-pyrrole nitrogens is 1. The lowest BCUT2D eigenvalue weighted by atomic mass is 9.82. The van der Waals surface area contributed by atoms with E-state index in [2.05, 4.69) is 54.2 Å². The van der Waals surface area contributed by atoms with Crippen LogP contribution < -0.4 is 0 Å². The number of hydrogen-bond donors (Lipinski definition) is 1. The summed E-state index contributed by atoms with van der Waals surface area (Å²) in [7, 11) is 0. The van der Waals surface area contributed by atoms with E-state index in [1.807, 2.05) is 0 Å². The summed E-state index contributed by atoms with van der Waals surface area (Å²) < 4.78 is 0. The van der Waals surface area contributed by atoms with Crippen LogP contribution in [0.25, 0.3) is 11.2 Å². The zero-order chi connectivity index (χ0) is 11.6. The number of hydrogen-bond acceptors (Lipinski definition) is 3. The Balaban J connectivity index is 2.37. The third-order valence-corrected chi connectivity index (χ3v) is 3.57. The molecule has 16 heavy (non-hydrogen) atoms. The second-order valence-corrected chi connectivity index (χ2v) is 6.01. The van der Waals surface area contributed by atoms with Gasteiger partial charge in [0.1, 0.15) is 5.52 Å². The quantitative estimate of drug-likeness (QED) is 0.735. The summed E-state index contributed by atoms with van der Waals surface area (Å²) in [6.07, 6.45) is 1.13. The third kappa shape index (κ3) is 1.13. The maximum absolute atomic E-state index is 4.68. The van der Waals surface area contributed by atoms with Gasteiger partial charge in [-0.2, -0.15) is 0 Å². The molecule has 0 radical (unpaired) electrons. The first-order chi connectivity index (χ1) is 7.40. The molecule has 0 amide bonds. The van der Waals surface area contributed by atoms with Crippen LogP contribution in [0.2, 0.25) is 0 Å². The van der Waals surface area contributed by atoms with Gasteiger partial charge in [-0.1, -0.05) is 32.9 Å². The van der Waals surface area contributed by atoms with Crippen molar-refractivity contribution in [1.82, 2.24) is 20.4 Å². The molecule has 0 saturated heterocycles. The highest BCUT2D eigenvalue weighted by atomic mass is 15.3. The van der Waals surface area contributed by atoms with Crippen molar-refractivity contribution in [2.24, 2.45) is 0 Å². The molecule has 1 aliphatic carbocycles. The molecular weight excluding hydrogens is 200 g/mol. The number of nitrogens with one attached hydrogen (secondary N) is 1. The first-order valence-corrected chi connectivity index (χ1v) is 5.63. The van der Waals surface area contributed by atoms with Crippen molar-refractivity contribution in [3.63, 3.8) is 0 Å². The summed E-state index contributed by atoms with van der Waals surface area (Å²) in [6.45, 7) is 9.05. The first kappa shape index (κ1) is 9.75. The van der Waals surface area contributed by atoms with Crippen LogP contribution in [0.3, 0.4) is 0 Å². The fourth-order valence-electron chi connectivity index (χ4n) is 3.10. The van der Waals surface area contributed by atoms with Crippen LogP contribution in [0.4, 0.5) is 0 Å². The number of pyridine rings is 1. The number of fused-ring (bicyclic) bond motifs is 2. The molecule has 0 bridgehead atoms. The molecular formula is C12H16N4. The van der Waals surface area contributed by atoms with Gasteiger partial charge in [0.25, 0.3) is 0 Å². The molecule has 84 valence electrons. The van der Waals surface area contributed by atoms with E-state index in [0.717, 1.165) is 17.6 Å². The molecule has 2 heterocycles. The van der Waals surface area contributed by atoms with Gasteiger partial charge in [0, 0.05) is 5.41 Å². The van der Waals surface area contributed by atoms with E-state index in [0.29, 0.717) is 0 Å². The highest BCUT2D eigenvalue weighted by Gasteiger charge is 2.43. The Labute approximate surface area is 94.5 Å². The zero-order valence-corrected chi connectivity index (χ0v) is 10.1. The first-order valence-electron chi connectivity index (χ1n) is 5.63. The summed E-state index contributed by atoms with van der Waals surface area (Å²) in [5.41, 5.74) is 4.49. The van der Waals surface area contributed by atoms with E-state index >= 15 is 0 Å². The molecule has 2 aromatic rings. The van der Waals surface area contributed by atoms with Gasteiger partial charge in [-0.15, -0.1) is 5.10 Å². The van der Waals surface area contributed by atoms with E-state index in [9.17, 15) is 0 Å². The van der Waals surface area contributed by atoms with Gasteiger partial charge in [0.05, 0.1) is 5.69 Å². The molecule has 0 saturated carbocycles. The van der Waals surface area contributed by atoms with Gasteiger partial charge in [0.15, 0.2) is 5.65 Å². The number of aromatic amines is 1. The molecule has 0 aromatic carbocycles. The van der Waals surface area contributed by atoms with E-state index < -0.39 is 0 Å². The molecule has 2 aromatic heterocycles. The lowest BCUT2D eigenvalue weighted by Crippen LogP contribution is -2.18. The molecule has 0 fully saturated rings. The second kappa shape index (κ2) is 2.62. The number of nitrogens with zero attached hydrogens (tertiary/aromatic N) is 3. The van der Waals surface area contributed by atoms with E-state index in [-0.39, 0.29) is 10.8 Å². The molecule has 3 rings (SSSR count). The van der Waals surface area contributed by atoms with Gasteiger partial charge >= 0.3 is 0 Å². The van der Waals surface area contributed by atoms with Crippen LogP contribution in [-0.4, -0.2) is 20.4 Å². The maximum atomic E-state index is 4.68. The van der Waals surface area contributed by atoms with Crippen molar-refractivity contribution >= 4 is 11.2 Å². The number of rotatable bonds is 0. The van der Waals surface area contributed by atoms with Crippen molar-refractivity contribution in [3.8, 4) is 0 Å². The Kier molecular flexibility index (Phi) is 1.60. The molecule has 0 atom stereocenters. The Morgan fingerprint density at radius 2 is 1.94 bits per heavy atom. The van der Waals surface area contributed by atoms with E-state index in [1.165, 1.54) is 11.3 Å². The topological polar surface area (TPSA) is 54.5 Å². The molecule has 0 aliphatic heterocycles. The summed E-state index contributed by atoms with van der Waals surface area (Å²) in [4.78, 5) is 4.68. The van der Waals surface area contributed by atoms with Crippen molar-refractivity contribution < 1.29 is 0 Å². The van der Waals surface area contributed by atoms with Crippen molar-refractivity contribution in [3.05, 3.63) is 17.3 Å². The van der Waals surface area contributed by atoms with E-state index in [4.69, 9.17) is 0 Å². The molecule has 4 heteroatoms. The third-order valence-electron chi connectivity index (χ3n) is 3.57. The van der Waals surface area contributed by atoms with Gasteiger partial charge in [0.2, 0.25) is 0 Å². The predicted molar refractivity (Wildman–Crippen MR) is 62.4 cm³/mol. The van der Waals surface area contributed by atoms with Crippen LogP contribution in [0.1, 0.15) is 45.4 Å². The van der Waals surface area contributed by atoms with Crippen molar-refractivity contribution in [1.29, 1.82) is 0 Å². The molecule has 4 nitrogen and oxygen atoms in total. The Bertz CT molecular complexity index is 517. The number of aromatic nitrogens is 4. The molecule has 1 N–H and O–H groups in total. The van der Waals surface area contributed by atoms with Crippen LogP contribution in [0, 0.1) is 0 Å². The Hall–Kier alpha value is -1.45. The van der Waals surface area contributed by atoms with Crippen LogP contribution in [0.15, 0.2) is 6.07 Å². The summed E-state index contributed by atoms with van der Waals surface area (Å²) in [5, 5.41) is 10.7. The second-order valence-electron chi connectivity index (χ2n) is 6.01. The van der Waals surface area contributed by atoms with Gasteiger partial charge in [-0.05, 0) is 23.5 Å². The highest BCUT2D eigenvalue weighted by molar-refractivity contribution is 5.71. The average molecular weight is 216 g/mol. The fourth-order valence-corrected chi connectivity index (χ4v) is 3.10. The standard InChI is InChI=1S/C12H16N4/c1-11(2)6-12(3,4)9-7(11)5-8-10(13-9)15-16-14-8/h5H,6H2,1-4H3,(H,13,14,15,16). The average Bonchev–Trinajstić information content (AvgIpc) is 2.66. The SMILES string of the molecule is CC1(C)CC(C)(C)c2nc3[nH]nnc3cc21. The Morgan fingerprint density at radius 3 is 2.69 bits per heavy atom.